The van der Waals surface area contributed by atoms with Crippen molar-refractivity contribution >= 4 is 11.5 Å². The number of halogens is 4. The van der Waals surface area contributed by atoms with E-state index in [0.29, 0.717) is 35.1 Å². The summed E-state index contributed by atoms with van der Waals surface area (Å²) in [5, 5.41) is 12.4. The predicted octanol–water partition coefficient (Wildman–Crippen LogP) is 5.53. The normalized spacial score (nSPS) is 16.1. The van der Waals surface area contributed by atoms with Crippen molar-refractivity contribution in [2.45, 2.75) is 31.9 Å². The molecule has 0 bridgehead atoms. The number of fused-ring (bicyclic) bond motifs is 1. The molecule has 1 aliphatic carbocycles. The molecule has 31 heavy (non-hydrogen) atoms. The van der Waals surface area contributed by atoms with Gasteiger partial charge in [0.05, 0.1) is 11.3 Å². The highest BCUT2D eigenvalue weighted by Crippen LogP contribution is 2.35. The van der Waals surface area contributed by atoms with E-state index in [1.54, 1.807) is 12.1 Å². The summed E-state index contributed by atoms with van der Waals surface area (Å²) >= 11 is 0. The van der Waals surface area contributed by atoms with Crippen LogP contribution < -0.4 is 5.32 Å². The van der Waals surface area contributed by atoms with Gasteiger partial charge >= 0.3 is 6.18 Å². The lowest BCUT2D eigenvalue weighted by molar-refractivity contribution is -0.137. The fraction of sp³-hybridized carbons (Fsp3) is 0.304. The lowest BCUT2D eigenvalue weighted by atomic mass is 9.81. The second-order valence-corrected chi connectivity index (χ2v) is 7.70. The van der Waals surface area contributed by atoms with Gasteiger partial charge in [0.15, 0.2) is 0 Å². The minimum atomic E-state index is -4.40. The highest BCUT2D eigenvalue weighted by atomic mass is 19.4. The lowest BCUT2D eigenvalue weighted by Crippen LogP contribution is -2.17. The molecule has 3 aromatic rings. The van der Waals surface area contributed by atoms with Gasteiger partial charge in [-0.25, -0.2) is 14.4 Å². The van der Waals surface area contributed by atoms with Gasteiger partial charge in [-0.15, -0.1) is 0 Å². The molecule has 1 atom stereocenters. The Morgan fingerprint density at radius 3 is 2.55 bits per heavy atom. The van der Waals surface area contributed by atoms with Crippen molar-refractivity contribution in [1.82, 2.24) is 9.97 Å². The SMILES string of the molecule is OCCC1CCc2cc(F)cc(Nc3cc(-c4ccc(C(F)(F)F)cc4)ncn3)c2C1. The maximum atomic E-state index is 14.2. The molecular formula is C23H21F4N3O. The molecule has 0 fully saturated rings. The monoisotopic (exact) mass is 431 g/mol. The van der Waals surface area contributed by atoms with Crippen LogP contribution in [-0.4, -0.2) is 21.7 Å². The van der Waals surface area contributed by atoms with Gasteiger partial charge in [-0.3, -0.25) is 0 Å². The van der Waals surface area contributed by atoms with Crippen LogP contribution in [0.25, 0.3) is 11.3 Å². The highest BCUT2D eigenvalue weighted by molar-refractivity contribution is 5.68. The van der Waals surface area contributed by atoms with Crippen LogP contribution in [0.4, 0.5) is 29.1 Å². The third-order valence-electron chi connectivity index (χ3n) is 5.60. The summed E-state index contributed by atoms with van der Waals surface area (Å²) in [4.78, 5) is 8.34. The lowest BCUT2D eigenvalue weighted by Gasteiger charge is -2.26. The van der Waals surface area contributed by atoms with Crippen LogP contribution in [0.15, 0.2) is 48.8 Å². The largest absolute Gasteiger partial charge is 0.416 e. The minimum Gasteiger partial charge on any atom is -0.396 e. The van der Waals surface area contributed by atoms with Gasteiger partial charge in [-0.2, -0.15) is 13.2 Å². The van der Waals surface area contributed by atoms with Gasteiger partial charge in [-0.1, -0.05) is 12.1 Å². The molecule has 0 spiro atoms. The van der Waals surface area contributed by atoms with Crippen molar-refractivity contribution < 1.29 is 22.7 Å². The van der Waals surface area contributed by atoms with E-state index in [4.69, 9.17) is 0 Å². The molecule has 1 aromatic heterocycles. The van der Waals surface area contributed by atoms with Gasteiger partial charge < -0.3 is 10.4 Å². The molecule has 4 nitrogen and oxygen atoms in total. The van der Waals surface area contributed by atoms with E-state index in [-0.39, 0.29) is 12.4 Å². The Hall–Kier alpha value is -3.00. The number of aliphatic hydroxyl groups excluding tert-OH is 1. The van der Waals surface area contributed by atoms with Crippen LogP contribution in [0.5, 0.6) is 0 Å². The fourth-order valence-electron chi connectivity index (χ4n) is 4.00. The van der Waals surface area contributed by atoms with Crippen molar-refractivity contribution in [2.75, 3.05) is 11.9 Å². The molecule has 0 radical (unpaired) electrons. The number of aryl methyl sites for hydroxylation is 1. The Bertz CT molecular complexity index is 1070. The Balaban J connectivity index is 1.61. The molecule has 1 aliphatic rings. The first kappa shape index (κ1) is 21.2. The van der Waals surface area contributed by atoms with Gasteiger partial charge in [0.2, 0.25) is 0 Å². The average molecular weight is 431 g/mol. The summed E-state index contributed by atoms with van der Waals surface area (Å²) in [5.41, 5.74) is 2.79. The summed E-state index contributed by atoms with van der Waals surface area (Å²) in [6.07, 6.45) is -0.0108. The summed E-state index contributed by atoms with van der Waals surface area (Å²) in [7, 11) is 0. The van der Waals surface area contributed by atoms with Crippen molar-refractivity contribution in [1.29, 1.82) is 0 Å². The molecule has 0 aliphatic heterocycles. The van der Waals surface area contributed by atoms with E-state index in [9.17, 15) is 22.7 Å². The van der Waals surface area contributed by atoms with E-state index in [2.05, 4.69) is 15.3 Å². The van der Waals surface area contributed by atoms with Crippen LogP contribution in [-0.2, 0) is 19.0 Å². The minimum absolute atomic E-state index is 0.117. The average Bonchev–Trinajstić information content (AvgIpc) is 2.74. The number of hydrogen-bond donors (Lipinski definition) is 2. The first-order chi connectivity index (χ1) is 14.8. The zero-order chi connectivity index (χ0) is 22.0. The van der Waals surface area contributed by atoms with E-state index >= 15 is 0 Å². The molecule has 8 heteroatoms. The van der Waals surface area contributed by atoms with Crippen molar-refractivity contribution in [3.63, 3.8) is 0 Å². The number of alkyl halides is 3. The van der Waals surface area contributed by atoms with Gasteiger partial charge in [0.1, 0.15) is 18.0 Å². The van der Waals surface area contributed by atoms with Gasteiger partial charge in [0.25, 0.3) is 0 Å². The van der Waals surface area contributed by atoms with Crippen LogP contribution in [0.1, 0.15) is 29.5 Å². The maximum Gasteiger partial charge on any atom is 0.416 e. The van der Waals surface area contributed by atoms with Gasteiger partial charge in [0, 0.05) is 23.9 Å². The maximum absolute atomic E-state index is 14.2. The first-order valence-electron chi connectivity index (χ1n) is 10.0. The quantitative estimate of drug-likeness (QED) is 0.522. The number of nitrogens with zero attached hydrogens (tertiary/aromatic N) is 2. The van der Waals surface area contributed by atoms with E-state index < -0.39 is 11.7 Å². The molecular weight excluding hydrogens is 410 g/mol. The van der Waals surface area contributed by atoms with E-state index in [0.717, 1.165) is 42.5 Å². The first-order valence-corrected chi connectivity index (χ1v) is 10.0. The summed E-state index contributed by atoms with van der Waals surface area (Å²) in [6.45, 7) is 0.117. The number of nitrogens with one attached hydrogen (secondary N) is 1. The summed E-state index contributed by atoms with van der Waals surface area (Å²) in [5.74, 6) is 0.400. The summed E-state index contributed by atoms with van der Waals surface area (Å²) < 4.78 is 52.6. The van der Waals surface area contributed by atoms with Gasteiger partial charge in [-0.05, 0) is 67.0 Å². The third-order valence-corrected chi connectivity index (χ3v) is 5.60. The Labute approximate surface area is 177 Å². The van der Waals surface area contributed by atoms with Crippen molar-refractivity contribution in [3.05, 3.63) is 71.3 Å². The second-order valence-electron chi connectivity index (χ2n) is 7.70. The number of aliphatic hydroxyl groups is 1. The number of hydrogen-bond acceptors (Lipinski definition) is 4. The molecule has 4 rings (SSSR count). The molecule has 0 saturated carbocycles. The Morgan fingerprint density at radius 2 is 1.84 bits per heavy atom. The second kappa shape index (κ2) is 8.63. The molecule has 0 saturated heterocycles. The fourth-order valence-corrected chi connectivity index (χ4v) is 4.00. The smallest absolute Gasteiger partial charge is 0.396 e. The Kier molecular flexibility index (Phi) is 5.91. The zero-order valence-corrected chi connectivity index (χ0v) is 16.6. The van der Waals surface area contributed by atoms with Crippen LogP contribution in [0.3, 0.4) is 0 Å². The van der Waals surface area contributed by atoms with Crippen LogP contribution >= 0.6 is 0 Å². The Morgan fingerprint density at radius 1 is 1.06 bits per heavy atom. The topological polar surface area (TPSA) is 58.0 Å². The van der Waals surface area contributed by atoms with Crippen LogP contribution in [0, 0.1) is 11.7 Å². The van der Waals surface area contributed by atoms with Crippen molar-refractivity contribution in [3.8, 4) is 11.3 Å². The van der Waals surface area contributed by atoms with Crippen LogP contribution in [0.2, 0.25) is 0 Å². The number of rotatable bonds is 5. The van der Waals surface area contributed by atoms with Crippen molar-refractivity contribution in [2.24, 2.45) is 5.92 Å². The van der Waals surface area contributed by atoms with E-state index in [1.807, 2.05) is 0 Å². The third kappa shape index (κ3) is 4.85. The predicted molar refractivity (Wildman–Crippen MR) is 109 cm³/mol. The summed E-state index contributed by atoms with van der Waals surface area (Å²) in [6, 6.07) is 9.32. The van der Waals surface area contributed by atoms with E-state index in [1.165, 1.54) is 24.5 Å². The highest BCUT2D eigenvalue weighted by Gasteiger charge is 2.30. The number of anilines is 2. The molecule has 1 heterocycles. The molecule has 162 valence electrons. The number of aromatic nitrogens is 2. The molecule has 1 unspecified atom stereocenters. The number of benzene rings is 2. The molecule has 0 amide bonds. The standard InChI is InChI=1S/C23H21F4N3O/c24-18-10-16-2-1-14(7-8-31)9-19(16)21(11-18)30-22-12-20(28-13-29-22)15-3-5-17(6-4-15)23(25,26)27/h3-6,10-14,31H,1-2,7-9H2,(H,28,29,30). The zero-order valence-electron chi connectivity index (χ0n) is 16.6. The molecule has 2 aromatic carbocycles. The molecule has 2 N–H and O–H groups in total.